The van der Waals surface area contributed by atoms with E-state index in [-0.39, 0.29) is 35.9 Å². The molecule has 9 nitrogen and oxygen atoms in total. The second-order valence-corrected chi connectivity index (χ2v) is 10.6. The van der Waals surface area contributed by atoms with Gasteiger partial charge in [0.1, 0.15) is 0 Å². The van der Waals surface area contributed by atoms with Crippen LogP contribution in [0.25, 0.3) is 11.7 Å². The molecule has 0 N–H and O–H groups in total. The van der Waals surface area contributed by atoms with Crippen LogP contribution >= 0.6 is 11.8 Å². The molecule has 5 rings (SSSR count). The lowest BCUT2D eigenvalue weighted by Crippen LogP contribution is -2.50. The van der Waals surface area contributed by atoms with Crippen LogP contribution in [0, 0.1) is 0 Å². The molecule has 0 unspecified atom stereocenters. The number of amides is 1. The van der Waals surface area contributed by atoms with Crippen LogP contribution in [-0.2, 0) is 27.7 Å². The van der Waals surface area contributed by atoms with E-state index in [9.17, 15) is 13.2 Å². The highest BCUT2D eigenvalue weighted by Gasteiger charge is 2.31. The molecule has 1 fully saturated rings. The number of rotatable bonds is 6. The molecule has 1 amide bonds. The maximum absolute atomic E-state index is 13.1. The molecule has 0 atom stereocenters. The molecular weight excluding hydrogens is 452 g/mol. The van der Waals surface area contributed by atoms with Gasteiger partial charge in [-0.25, -0.2) is 8.42 Å². The van der Waals surface area contributed by atoms with Crippen molar-refractivity contribution in [3.8, 4) is 11.7 Å². The summed E-state index contributed by atoms with van der Waals surface area (Å²) in [7, 11) is -3.56. The Labute approximate surface area is 189 Å². The summed E-state index contributed by atoms with van der Waals surface area (Å²) in [5.74, 6) is 0.770. The molecule has 1 aliphatic heterocycles. The molecule has 2 aromatic heterocycles. The minimum atomic E-state index is -3.56. The number of thioether (sulfide) groups is 1. The summed E-state index contributed by atoms with van der Waals surface area (Å²) >= 11 is 1.15. The Morgan fingerprint density at radius 2 is 1.88 bits per heavy atom. The van der Waals surface area contributed by atoms with Crippen LogP contribution < -0.4 is 0 Å². The molecule has 11 heteroatoms. The molecule has 1 aromatic carbocycles. The van der Waals surface area contributed by atoms with E-state index in [0.29, 0.717) is 23.7 Å². The van der Waals surface area contributed by atoms with Crippen molar-refractivity contribution in [2.75, 3.05) is 31.9 Å². The lowest BCUT2D eigenvalue weighted by molar-refractivity contribution is -0.129. The Morgan fingerprint density at radius 1 is 1.06 bits per heavy atom. The molecule has 1 aliphatic carbocycles. The van der Waals surface area contributed by atoms with Crippen LogP contribution in [-0.4, -0.2) is 65.7 Å². The van der Waals surface area contributed by atoms with Crippen molar-refractivity contribution >= 4 is 27.7 Å². The highest BCUT2D eigenvalue weighted by Crippen LogP contribution is 2.27. The number of piperazine rings is 1. The fourth-order valence-corrected chi connectivity index (χ4v) is 6.16. The zero-order valence-corrected chi connectivity index (χ0v) is 18.9. The number of sulfonamides is 1. The Balaban J connectivity index is 1.15. The molecule has 0 spiro atoms. The van der Waals surface area contributed by atoms with Crippen molar-refractivity contribution < 1.29 is 22.0 Å². The first kappa shape index (κ1) is 21.2. The van der Waals surface area contributed by atoms with Crippen molar-refractivity contribution in [1.29, 1.82) is 0 Å². The van der Waals surface area contributed by atoms with Gasteiger partial charge in [0, 0.05) is 26.2 Å². The van der Waals surface area contributed by atoms with Gasteiger partial charge in [-0.3, -0.25) is 4.79 Å². The molecule has 0 saturated carbocycles. The first-order valence-corrected chi connectivity index (χ1v) is 12.8. The maximum atomic E-state index is 13.1. The highest BCUT2D eigenvalue weighted by atomic mass is 32.2. The Hall–Kier alpha value is -2.63. The number of nitrogens with zero attached hydrogens (tertiary/aromatic N) is 4. The van der Waals surface area contributed by atoms with Gasteiger partial charge in [0.2, 0.25) is 15.9 Å². The lowest BCUT2D eigenvalue weighted by Gasteiger charge is -2.34. The highest BCUT2D eigenvalue weighted by molar-refractivity contribution is 7.99. The van der Waals surface area contributed by atoms with Gasteiger partial charge in [0.25, 0.3) is 11.1 Å². The van der Waals surface area contributed by atoms with Gasteiger partial charge in [-0.1, -0.05) is 17.8 Å². The number of carbonyl (C=O) groups is 1. The molecule has 0 radical (unpaired) electrons. The van der Waals surface area contributed by atoms with Crippen molar-refractivity contribution in [3.63, 3.8) is 0 Å². The summed E-state index contributed by atoms with van der Waals surface area (Å²) < 4.78 is 38.3. The second-order valence-electron chi connectivity index (χ2n) is 7.71. The van der Waals surface area contributed by atoms with E-state index in [1.165, 1.54) is 16.1 Å². The van der Waals surface area contributed by atoms with Crippen molar-refractivity contribution in [3.05, 3.63) is 47.7 Å². The summed E-state index contributed by atoms with van der Waals surface area (Å²) in [6.07, 6.45) is 4.54. The van der Waals surface area contributed by atoms with Gasteiger partial charge in [-0.2, -0.15) is 4.31 Å². The smallest absolute Gasteiger partial charge is 0.284 e. The number of hydrogen-bond acceptors (Lipinski definition) is 8. The van der Waals surface area contributed by atoms with E-state index in [0.717, 1.165) is 36.6 Å². The Morgan fingerprint density at radius 3 is 2.66 bits per heavy atom. The van der Waals surface area contributed by atoms with Crippen LogP contribution in [0.5, 0.6) is 0 Å². The average molecular weight is 475 g/mol. The van der Waals surface area contributed by atoms with E-state index < -0.39 is 10.0 Å². The fourth-order valence-electron chi connectivity index (χ4n) is 4.02. The molecule has 2 aliphatic rings. The lowest BCUT2D eigenvalue weighted by atomic mass is 10.1. The monoisotopic (exact) mass is 474 g/mol. The number of fused-ring (bicyclic) bond motifs is 1. The third kappa shape index (κ3) is 4.19. The van der Waals surface area contributed by atoms with Crippen molar-refractivity contribution in [2.45, 2.75) is 29.4 Å². The summed E-state index contributed by atoms with van der Waals surface area (Å²) in [5.41, 5.74) is 2.38. The number of benzene rings is 1. The molecule has 0 bridgehead atoms. The van der Waals surface area contributed by atoms with E-state index in [4.69, 9.17) is 8.83 Å². The van der Waals surface area contributed by atoms with Gasteiger partial charge in [-0.05, 0) is 54.7 Å². The third-order valence-corrected chi connectivity index (χ3v) is 8.45. The zero-order valence-electron chi connectivity index (χ0n) is 17.3. The summed E-state index contributed by atoms with van der Waals surface area (Å²) in [5, 5.41) is 8.11. The molecule has 32 heavy (non-hydrogen) atoms. The first-order valence-electron chi connectivity index (χ1n) is 10.4. The summed E-state index contributed by atoms with van der Waals surface area (Å²) in [6.45, 7) is 1.26. The predicted octanol–water partition coefficient (Wildman–Crippen LogP) is 2.44. The SMILES string of the molecule is O=C(CSc1nnc(-c2ccco2)o1)N1CCN(S(=O)(=O)c2ccc3c(c2)CCC3)CC1. The number of hydrogen-bond donors (Lipinski definition) is 0. The summed E-state index contributed by atoms with van der Waals surface area (Å²) in [6, 6.07) is 8.88. The number of aromatic nitrogens is 2. The van der Waals surface area contributed by atoms with Crippen LogP contribution in [0.15, 0.2) is 55.5 Å². The predicted molar refractivity (Wildman–Crippen MR) is 117 cm³/mol. The largest absolute Gasteiger partial charge is 0.459 e. The number of furan rings is 1. The van der Waals surface area contributed by atoms with E-state index in [1.54, 1.807) is 23.1 Å². The maximum Gasteiger partial charge on any atom is 0.284 e. The van der Waals surface area contributed by atoms with Gasteiger partial charge in [-0.15, -0.1) is 10.2 Å². The molecule has 3 aromatic rings. The minimum Gasteiger partial charge on any atom is -0.459 e. The van der Waals surface area contributed by atoms with Gasteiger partial charge in [0.15, 0.2) is 5.76 Å². The van der Waals surface area contributed by atoms with E-state index in [1.807, 2.05) is 12.1 Å². The van der Waals surface area contributed by atoms with E-state index >= 15 is 0 Å². The van der Waals surface area contributed by atoms with E-state index in [2.05, 4.69) is 10.2 Å². The van der Waals surface area contributed by atoms with Crippen LogP contribution in [0.1, 0.15) is 17.5 Å². The molecule has 168 valence electrons. The average Bonchev–Trinajstić information content (AvgIpc) is 3.58. The van der Waals surface area contributed by atoms with Crippen LogP contribution in [0.2, 0.25) is 0 Å². The quantitative estimate of drug-likeness (QED) is 0.501. The van der Waals surface area contributed by atoms with Gasteiger partial charge < -0.3 is 13.7 Å². The number of aryl methyl sites for hydroxylation is 2. The summed E-state index contributed by atoms with van der Waals surface area (Å²) in [4.78, 5) is 14.6. The normalized spacial score (nSPS) is 16.9. The molecular formula is C21H22N4O5S2. The van der Waals surface area contributed by atoms with Crippen LogP contribution in [0.3, 0.4) is 0 Å². The van der Waals surface area contributed by atoms with Crippen LogP contribution in [0.4, 0.5) is 0 Å². The Bertz CT molecular complexity index is 1210. The number of carbonyl (C=O) groups excluding carboxylic acids is 1. The first-order chi connectivity index (χ1) is 15.5. The third-order valence-electron chi connectivity index (χ3n) is 5.76. The zero-order chi connectivity index (χ0) is 22.1. The second kappa shape index (κ2) is 8.72. The fraction of sp³-hybridized carbons (Fsp3) is 0.381. The topological polar surface area (TPSA) is 110 Å². The van der Waals surface area contributed by atoms with Crippen molar-refractivity contribution in [1.82, 2.24) is 19.4 Å². The standard InChI is InChI=1S/C21H22N4O5S2/c26-19(14-31-21-23-22-20(30-21)18-5-2-12-29-18)24-8-10-25(11-9-24)32(27,28)17-7-6-15-3-1-4-16(15)13-17/h2,5-7,12-13H,1,3-4,8-11,14H2. The van der Waals surface area contributed by atoms with Gasteiger partial charge >= 0.3 is 0 Å². The van der Waals surface area contributed by atoms with Gasteiger partial charge in [0.05, 0.1) is 16.9 Å². The molecule has 3 heterocycles. The van der Waals surface area contributed by atoms with Crippen molar-refractivity contribution in [2.24, 2.45) is 0 Å². The molecule has 1 saturated heterocycles. The Kier molecular flexibility index (Phi) is 5.78. The minimum absolute atomic E-state index is 0.0951.